The molecule has 112 valence electrons. The lowest BCUT2D eigenvalue weighted by atomic mass is 10.2. The molecule has 0 bridgehead atoms. The summed E-state index contributed by atoms with van der Waals surface area (Å²) in [5.41, 5.74) is 0.452. The van der Waals surface area contributed by atoms with Crippen molar-refractivity contribution in [1.82, 2.24) is 5.32 Å². The van der Waals surface area contributed by atoms with Crippen molar-refractivity contribution < 1.29 is 19.1 Å². The molecule has 0 saturated carbocycles. The molecule has 1 amide bonds. The van der Waals surface area contributed by atoms with E-state index in [1.165, 1.54) is 14.2 Å². The number of hydrogen-bond donors (Lipinski definition) is 1. The van der Waals surface area contributed by atoms with Gasteiger partial charge in [0.05, 0.1) is 20.3 Å². The lowest BCUT2D eigenvalue weighted by Gasteiger charge is -2.16. The van der Waals surface area contributed by atoms with Crippen molar-refractivity contribution in [3.05, 3.63) is 23.8 Å². The van der Waals surface area contributed by atoms with E-state index in [0.29, 0.717) is 28.7 Å². The Morgan fingerprint density at radius 1 is 1.33 bits per heavy atom. The van der Waals surface area contributed by atoms with Gasteiger partial charge in [-0.2, -0.15) is 0 Å². The largest absolute Gasteiger partial charge is 0.493 e. The first-order valence-electron chi connectivity index (χ1n) is 6.35. The molecule has 21 heavy (non-hydrogen) atoms. The van der Waals surface area contributed by atoms with Crippen molar-refractivity contribution >= 4 is 28.0 Å². The summed E-state index contributed by atoms with van der Waals surface area (Å²) in [5, 5.41) is 2.71. The summed E-state index contributed by atoms with van der Waals surface area (Å²) >= 11 is 0.897. The molecule has 0 spiro atoms. The van der Waals surface area contributed by atoms with E-state index in [4.69, 9.17) is 9.47 Å². The molecule has 1 aliphatic rings. The van der Waals surface area contributed by atoms with Gasteiger partial charge in [0.2, 0.25) is 11.0 Å². The smallest absolute Gasteiger partial charge is 0.228 e. The number of carbonyl (C=O) groups excluding carboxylic acids is 2. The van der Waals surface area contributed by atoms with Crippen LogP contribution in [-0.2, 0) is 4.79 Å². The van der Waals surface area contributed by atoms with Gasteiger partial charge < -0.3 is 14.8 Å². The summed E-state index contributed by atoms with van der Waals surface area (Å²) in [6, 6.07) is 4.80. The third-order valence-corrected chi connectivity index (χ3v) is 3.70. The fourth-order valence-corrected chi connectivity index (χ4v) is 2.70. The van der Waals surface area contributed by atoms with E-state index in [1.54, 1.807) is 18.2 Å². The average Bonchev–Trinajstić information content (AvgIpc) is 2.45. The number of benzene rings is 1. The molecule has 6 nitrogen and oxygen atoms in total. The van der Waals surface area contributed by atoms with E-state index in [1.807, 2.05) is 6.92 Å². The molecule has 0 radical (unpaired) electrons. The molecule has 2 rings (SSSR count). The lowest BCUT2D eigenvalue weighted by molar-refractivity contribution is -0.120. The predicted octanol–water partition coefficient (Wildman–Crippen LogP) is 1.84. The Bertz CT molecular complexity index is 601. The van der Waals surface area contributed by atoms with Crippen LogP contribution in [0.15, 0.2) is 23.2 Å². The third-order valence-electron chi connectivity index (χ3n) is 2.87. The zero-order valence-electron chi connectivity index (χ0n) is 12.0. The van der Waals surface area contributed by atoms with E-state index in [0.717, 1.165) is 11.8 Å². The quantitative estimate of drug-likeness (QED) is 0.922. The van der Waals surface area contributed by atoms with E-state index < -0.39 is 0 Å². The zero-order valence-corrected chi connectivity index (χ0v) is 12.8. The molecular weight excluding hydrogens is 292 g/mol. The van der Waals surface area contributed by atoms with Gasteiger partial charge >= 0.3 is 0 Å². The fourth-order valence-electron chi connectivity index (χ4n) is 1.88. The highest BCUT2D eigenvalue weighted by Crippen LogP contribution is 2.29. The SMILES string of the molecule is COc1ccc(C(=O)SC2=NC(C)CC(=O)N2)cc1OC. The van der Waals surface area contributed by atoms with Crippen molar-refractivity contribution in [3.8, 4) is 11.5 Å². The molecule has 0 aliphatic carbocycles. The van der Waals surface area contributed by atoms with Gasteiger partial charge in [-0.3, -0.25) is 14.6 Å². The van der Waals surface area contributed by atoms with Gasteiger partial charge in [0.15, 0.2) is 16.7 Å². The van der Waals surface area contributed by atoms with Crippen LogP contribution >= 0.6 is 11.8 Å². The Hall–Kier alpha value is -2.02. The van der Waals surface area contributed by atoms with Crippen LogP contribution in [-0.4, -0.2) is 36.5 Å². The van der Waals surface area contributed by atoms with Crippen LogP contribution < -0.4 is 14.8 Å². The first-order valence-corrected chi connectivity index (χ1v) is 7.17. The highest BCUT2D eigenvalue weighted by Gasteiger charge is 2.21. The standard InChI is InChI=1S/C14H16N2O4S/c1-8-6-12(17)16-14(15-8)21-13(18)9-4-5-10(19-2)11(7-9)20-3/h4-5,7-8H,6H2,1-3H3,(H,15,16,17). The number of carbonyl (C=O) groups is 2. The van der Waals surface area contributed by atoms with E-state index in [2.05, 4.69) is 10.3 Å². The second-order valence-electron chi connectivity index (χ2n) is 4.49. The average molecular weight is 308 g/mol. The molecular formula is C14H16N2O4S. The van der Waals surface area contributed by atoms with Crippen LogP contribution in [0, 0.1) is 0 Å². The molecule has 0 saturated heterocycles. The molecule has 0 fully saturated rings. The Morgan fingerprint density at radius 2 is 2.05 bits per heavy atom. The van der Waals surface area contributed by atoms with Gasteiger partial charge in [-0.15, -0.1) is 0 Å². The topological polar surface area (TPSA) is 77.0 Å². The number of amidine groups is 1. The van der Waals surface area contributed by atoms with Gasteiger partial charge in [-0.1, -0.05) is 0 Å². The minimum absolute atomic E-state index is 0.112. The third kappa shape index (κ3) is 3.75. The first kappa shape index (κ1) is 15.4. The lowest BCUT2D eigenvalue weighted by Crippen LogP contribution is -2.36. The maximum atomic E-state index is 12.2. The van der Waals surface area contributed by atoms with Crippen LogP contribution in [0.5, 0.6) is 11.5 Å². The first-order chi connectivity index (χ1) is 10.0. The predicted molar refractivity (Wildman–Crippen MR) is 81.1 cm³/mol. The van der Waals surface area contributed by atoms with Crippen LogP contribution in [0.25, 0.3) is 0 Å². The Kier molecular flexibility index (Phi) is 4.85. The number of rotatable bonds is 3. The van der Waals surface area contributed by atoms with E-state index in [-0.39, 0.29) is 17.1 Å². The maximum absolute atomic E-state index is 12.2. The normalized spacial score (nSPS) is 17.8. The molecule has 0 aromatic heterocycles. The number of ether oxygens (including phenoxy) is 2. The minimum atomic E-state index is -0.218. The van der Waals surface area contributed by atoms with Gasteiger partial charge in [0, 0.05) is 12.0 Å². The fraction of sp³-hybridized carbons (Fsp3) is 0.357. The summed E-state index contributed by atoms with van der Waals surface area (Å²) < 4.78 is 10.3. The summed E-state index contributed by atoms with van der Waals surface area (Å²) in [4.78, 5) is 27.9. The van der Waals surface area contributed by atoms with Crippen LogP contribution in [0.4, 0.5) is 0 Å². The van der Waals surface area contributed by atoms with E-state index in [9.17, 15) is 9.59 Å². The minimum Gasteiger partial charge on any atom is -0.493 e. The second kappa shape index (κ2) is 6.62. The Labute approximate surface area is 126 Å². The molecule has 1 aliphatic heterocycles. The second-order valence-corrected chi connectivity index (χ2v) is 5.46. The number of thioether (sulfide) groups is 1. The monoisotopic (exact) mass is 308 g/mol. The molecule has 1 N–H and O–H groups in total. The molecule has 1 unspecified atom stereocenters. The number of methoxy groups -OCH3 is 2. The van der Waals surface area contributed by atoms with Gasteiger partial charge in [0.25, 0.3) is 0 Å². The van der Waals surface area contributed by atoms with Crippen LogP contribution in [0.2, 0.25) is 0 Å². The van der Waals surface area contributed by atoms with Crippen molar-refractivity contribution in [2.75, 3.05) is 14.2 Å². The van der Waals surface area contributed by atoms with Gasteiger partial charge in [0.1, 0.15) is 0 Å². The van der Waals surface area contributed by atoms with Crippen LogP contribution in [0.3, 0.4) is 0 Å². The number of nitrogens with one attached hydrogen (secondary N) is 1. The van der Waals surface area contributed by atoms with Crippen molar-refractivity contribution in [3.63, 3.8) is 0 Å². The molecule has 1 heterocycles. The number of aliphatic imine (C=N–C) groups is 1. The van der Waals surface area contributed by atoms with E-state index >= 15 is 0 Å². The molecule has 7 heteroatoms. The number of amides is 1. The summed E-state index contributed by atoms with van der Waals surface area (Å²) in [5.74, 6) is 0.906. The Balaban J connectivity index is 2.15. The van der Waals surface area contributed by atoms with Crippen molar-refractivity contribution in [2.45, 2.75) is 19.4 Å². The summed E-state index contributed by atoms with van der Waals surface area (Å²) in [7, 11) is 3.04. The molecule has 1 atom stereocenters. The number of hydrogen-bond acceptors (Lipinski definition) is 6. The highest BCUT2D eigenvalue weighted by atomic mass is 32.2. The van der Waals surface area contributed by atoms with Crippen molar-refractivity contribution in [1.29, 1.82) is 0 Å². The number of nitrogens with zero attached hydrogens (tertiary/aromatic N) is 1. The van der Waals surface area contributed by atoms with Crippen LogP contribution in [0.1, 0.15) is 23.7 Å². The van der Waals surface area contributed by atoms with Crippen molar-refractivity contribution in [2.24, 2.45) is 4.99 Å². The summed E-state index contributed by atoms with van der Waals surface area (Å²) in [6.07, 6.45) is 0.342. The summed E-state index contributed by atoms with van der Waals surface area (Å²) in [6.45, 7) is 1.83. The van der Waals surface area contributed by atoms with Gasteiger partial charge in [-0.05, 0) is 36.9 Å². The molecule has 1 aromatic carbocycles. The maximum Gasteiger partial charge on any atom is 0.228 e. The molecule has 1 aromatic rings. The van der Waals surface area contributed by atoms with Gasteiger partial charge in [-0.25, -0.2) is 0 Å². The zero-order chi connectivity index (χ0) is 15.4. The Morgan fingerprint density at radius 3 is 2.67 bits per heavy atom. The highest BCUT2D eigenvalue weighted by molar-refractivity contribution is 8.26.